The minimum Gasteiger partial charge on any atom is -0.336 e. The predicted molar refractivity (Wildman–Crippen MR) is 88.0 cm³/mol. The lowest BCUT2D eigenvalue weighted by atomic mass is 9.98. The zero-order valence-corrected chi connectivity index (χ0v) is 12.9. The molecular weight excluding hydrogens is 282 g/mol. The zero-order valence-electron chi connectivity index (χ0n) is 12.1. The summed E-state index contributed by atoms with van der Waals surface area (Å²) in [6.45, 7) is 0.854. The van der Waals surface area contributed by atoms with E-state index in [9.17, 15) is 4.79 Å². The first-order valence-corrected chi connectivity index (χ1v) is 8.19. The fourth-order valence-corrected chi connectivity index (χ4v) is 3.43. The van der Waals surface area contributed by atoms with E-state index in [1.807, 2.05) is 35.2 Å². The summed E-state index contributed by atoms with van der Waals surface area (Å²) in [4.78, 5) is 14.8. The molecule has 1 heterocycles. The number of amides is 1. The Bertz CT molecular complexity index is 638. The van der Waals surface area contributed by atoms with E-state index in [1.165, 1.54) is 11.8 Å². The average molecular weight is 302 g/mol. The Hall–Kier alpha value is -1.54. The standard InChI is InChI=1S/C18H20ClNO/c19-11-10-17-7-3-4-12-20(17)18(21)16-9-8-14-5-1-2-6-15(14)13-16/h1-2,5-6,8-9,13,17H,3-4,7,10-12H2. The van der Waals surface area contributed by atoms with Crippen LogP contribution >= 0.6 is 11.6 Å². The molecule has 1 unspecified atom stereocenters. The van der Waals surface area contributed by atoms with Gasteiger partial charge >= 0.3 is 0 Å². The minimum absolute atomic E-state index is 0.149. The van der Waals surface area contributed by atoms with Crippen LogP contribution in [0.2, 0.25) is 0 Å². The quantitative estimate of drug-likeness (QED) is 0.766. The first-order chi connectivity index (χ1) is 10.3. The Morgan fingerprint density at radius 1 is 1.14 bits per heavy atom. The van der Waals surface area contributed by atoms with Crippen LogP contribution in [0.3, 0.4) is 0 Å². The van der Waals surface area contributed by atoms with E-state index in [2.05, 4.69) is 12.1 Å². The number of halogens is 1. The Labute approximate surface area is 130 Å². The monoisotopic (exact) mass is 301 g/mol. The first kappa shape index (κ1) is 14.4. The molecule has 21 heavy (non-hydrogen) atoms. The average Bonchev–Trinajstić information content (AvgIpc) is 2.54. The molecule has 1 atom stereocenters. The number of carbonyl (C=O) groups is 1. The van der Waals surface area contributed by atoms with E-state index in [4.69, 9.17) is 11.6 Å². The minimum atomic E-state index is 0.149. The second-order valence-corrected chi connectivity index (χ2v) is 6.07. The van der Waals surface area contributed by atoms with Gasteiger partial charge in [0.25, 0.3) is 5.91 Å². The van der Waals surface area contributed by atoms with Crippen LogP contribution in [-0.4, -0.2) is 29.3 Å². The van der Waals surface area contributed by atoms with Crippen molar-refractivity contribution in [2.24, 2.45) is 0 Å². The molecule has 1 amide bonds. The van der Waals surface area contributed by atoms with Crippen molar-refractivity contribution in [1.82, 2.24) is 4.90 Å². The largest absolute Gasteiger partial charge is 0.336 e. The third-order valence-electron chi connectivity index (χ3n) is 4.33. The molecule has 1 fully saturated rings. The van der Waals surface area contributed by atoms with Gasteiger partial charge in [-0.1, -0.05) is 30.3 Å². The zero-order chi connectivity index (χ0) is 14.7. The highest BCUT2D eigenvalue weighted by atomic mass is 35.5. The summed E-state index contributed by atoms with van der Waals surface area (Å²) in [5.74, 6) is 0.766. The number of carbonyl (C=O) groups excluding carboxylic acids is 1. The predicted octanol–water partition coefficient (Wildman–Crippen LogP) is 4.46. The highest BCUT2D eigenvalue weighted by Crippen LogP contribution is 2.24. The molecule has 1 aliphatic rings. The van der Waals surface area contributed by atoms with Gasteiger partial charge in [-0.25, -0.2) is 0 Å². The number of rotatable bonds is 3. The van der Waals surface area contributed by atoms with Gasteiger partial charge in [0.15, 0.2) is 0 Å². The third kappa shape index (κ3) is 3.06. The van der Waals surface area contributed by atoms with Crippen molar-refractivity contribution >= 4 is 28.3 Å². The van der Waals surface area contributed by atoms with Gasteiger partial charge in [0.1, 0.15) is 0 Å². The van der Waals surface area contributed by atoms with Crippen LogP contribution in [-0.2, 0) is 0 Å². The van der Waals surface area contributed by atoms with Gasteiger partial charge in [0.05, 0.1) is 0 Å². The van der Waals surface area contributed by atoms with Crippen LogP contribution in [0.25, 0.3) is 10.8 Å². The van der Waals surface area contributed by atoms with Gasteiger partial charge in [0.2, 0.25) is 0 Å². The Kier molecular flexibility index (Phi) is 4.45. The molecule has 1 aliphatic heterocycles. The van der Waals surface area contributed by atoms with Gasteiger partial charge in [0, 0.05) is 24.0 Å². The van der Waals surface area contributed by atoms with Gasteiger partial charge in [-0.05, 0) is 48.6 Å². The second-order valence-electron chi connectivity index (χ2n) is 5.69. The Balaban J connectivity index is 1.87. The van der Waals surface area contributed by atoms with Crippen molar-refractivity contribution in [2.75, 3.05) is 12.4 Å². The molecule has 0 bridgehead atoms. The van der Waals surface area contributed by atoms with Crippen molar-refractivity contribution in [3.05, 3.63) is 48.0 Å². The molecule has 2 aromatic rings. The summed E-state index contributed by atoms with van der Waals surface area (Å²) in [5.41, 5.74) is 0.787. The topological polar surface area (TPSA) is 20.3 Å². The third-order valence-corrected chi connectivity index (χ3v) is 4.54. The number of piperidine rings is 1. The molecule has 0 saturated carbocycles. The van der Waals surface area contributed by atoms with Crippen LogP contribution in [0.15, 0.2) is 42.5 Å². The lowest BCUT2D eigenvalue weighted by molar-refractivity contribution is 0.0609. The molecule has 1 saturated heterocycles. The summed E-state index contributed by atoms with van der Waals surface area (Å²) in [6.07, 6.45) is 4.26. The van der Waals surface area contributed by atoms with E-state index in [1.54, 1.807) is 0 Å². The van der Waals surface area contributed by atoms with Crippen LogP contribution in [0.1, 0.15) is 36.0 Å². The van der Waals surface area contributed by atoms with Gasteiger partial charge in [-0.3, -0.25) is 4.79 Å². The number of benzene rings is 2. The van der Waals surface area contributed by atoms with Gasteiger partial charge < -0.3 is 4.90 Å². The summed E-state index contributed by atoms with van der Waals surface area (Å²) in [7, 11) is 0. The van der Waals surface area contributed by atoms with E-state index in [-0.39, 0.29) is 5.91 Å². The lowest BCUT2D eigenvalue weighted by Gasteiger charge is -2.35. The number of likely N-dealkylation sites (tertiary alicyclic amines) is 1. The molecular formula is C18H20ClNO. The summed E-state index contributed by atoms with van der Waals surface area (Å²) < 4.78 is 0. The molecule has 0 N–H and O–H groups in total. The highest BCUT2D eigenvalue weighted by molar-refractivity contribution is 6.17. The fourth-order valence-electron chi connectivity index (χ4n) is 3.18. The van der Waals surface area contributed by atoms with Crippen molar-refractivity contribution in [2.45, 2.75) is 31.7 Å². The number of alkyl halides is 1. The number of hydrogen-bond donors (Lipinski definition) is 0. The van der Waals surface area contributed by atoms with Gasteiger partial charge in [-0.2, -0.15) is 0 Å². The van der Waals surface area contributed by atoms with Crippen LogP contribution < -0.4 is 0 Å². The van der Waals surface area contributed by atoms with Crippen LogP contribution in [0, 0.1) is 0 Å². The molecule has 3 heteroatoms. The molecule has 2 nitrogen and oxygen atoms in total. The van der Waals surface area contributed by atoms with Crippen molar-refractivity contribution in [3.63, 3.8) is 0 Å². The van der Waals surface area contributed by atoms with E-state index in [0.29, 0.717) is 11.9 Å². The first-order valence-electron chi connectivity index (χ1n) is 7.65. The highest BCUT2D eigenvalue weighted by Gasteiger charge is 2.26. The maximum Gasteiger partial charge on any atom is 0.254 e. The lowest BCUT2D eigenvalue weighted by Crippen LogP contribution is -2.43. The molecule has 0 aromatic heterocycles. The molecule has 0 aliphatic carbocycles. The fraction of sp³-hybridized carbons (Fsp3) is 0.389. The molecule has 3 rings (SSSR count). The SMILES string of the molecule is O=C(c1ccc2ccccc2c1)N1CCCCC1CCCl. The molecule has 0 spiro atoms. The normalized spacial score (nSPS) is 18.9. The van der Waals surface area contributed by atoms with Crippen molar-refractivity contribution in [1.29, 1.82) is 0 Å². The van der Waals surface area contributed by atoms with E-state index >= 15 is 0 Å². The van der Waals surface area contributed by atoms with Gasteiger partial charge in [-0.15, -0.1) is 11.6 Å². The van der Waals surface area contributed by atoms with E-state index < -0.39 is 0 Å². The number of nitrogens with zero attached hydrogens (tertiary/aromatic N) is 1. The Morgan fingerprint density at radius 3 is 2.76 bits per heavy atom. The Morgan fingerprint density at radius 2 is 1.95 bits per heavy atom. The van der Waals surface area contributed by atoms with Crippen molar-refractivity contribution in [3.8, 4) is 0 Å². The number of fused-ring (bicyclic) bond motifs is 1. The maximum atomic E-state index is 12.8. The summed E-state index contributed by atoms with van der Waals surface area (Å²) in [5, 5.41) is 2.29. The number of hydrogen-bond acceptors (Lipinski definition) is 1. The van der Waals surface area contributed by atoms with Crippen LogP contribution in [0.5, 0.6) is 0 Å². The smallest absolute Gasteiger partial charge is 0.254 e. The molecule has 0 radical (unpaired) electrons. The summed E-state index contributed by atoms with van der Waals surface area (Å²) in [6, 6.07) is 14.4. The summed E-state index contributed by atoms with van der Waals surface area (Å²) >= 11 is 5.89. The van der Waals surface area contributed by atoms with Crippen molar-refractivity contribution < 1.29 is 4.79 Å². The molecule has 110 valence electrons. The maximum absolute atomic E-state index is 12.8. The van der Waals surface area contributed by atoms with E-state index in [0.717, 1.165) is 36.8 Å². The van der Waals surface area contributed by atoms with Crippen LogP contribution in [0.4, 0.5) is 0 Å². The molecule has 2 aromatic carbocycles. The second kappa shape index (κ2) is 6.48.